The van der Waals surface area contributed by atoms with Gasteiger partial charge >= 0.3 is 5.69 Å². The van der Waals surface area contributed by atoms with E-state index in [9.17, 15) is 19.8 Å². The second-order valence-corrected chi connectivity index (χ2v) is 6.74. The molecule has 2 heterocycles. The first-order valence-electron chi connectivity index (χ1n) is 8.70. The molecule has 0 radical (unpaired) electrons. The third kappa shape index (κ3) is 3.06. The summed E-state index contributed by atoms with van der Waals surface area (Å²) in [6.45, 7) is 0.210. The van der Waals surface area contributed by atoms with Crippen LogP contribution < -0.4 is 11.2 Å². The largest absolute Gasteiger partial charge is 0.389 e. The second kappa shape index (κ2) is 6.90. The number of aromatic nitrogens is 2. The van der Waals surface area contributed by atoms with E-state index in [-0.39, 0.29) is 6.61 Å². The quantitative estimate of drug-likeness (QED) is 0.655. The van der Waals surface area contributed by atoms with Crippen molar-refractivity contribution in [1.29, 1.82) is 0 Å². The van der Waals surface area contributed by atoms with Crippen LogP contribution in [0.3, 0.4) is 0 Å². The number of nitrogens with one attached hydrogen (secondary N) is 1. The molecule has 8 heteroatoms. The van der Waals surface area contributed by atoms with Crippen LogP contribution in [0.1, 0.15) is 18.2 Å². The highest BCUT2D eigenvalue weighted by Crippen LogP contribution is 2.45. The van der Waals surface area contributed by atoms with Crippen molar-refractivity contribution in [2.45, 2.75) is 43.2 Å². The summed E-state index contributed by atoms with van der Waals surface area (Å²) in [5, 5.41) is 21.4. The maximum absolute atomic E-state index is 12.1. The van der Waals surface area contributed by atoms with Crippen LogP contribution in [0, 0.1) is 0 Å². The summed E-state index contributed by atoms with van der Waals surface area (Å²) in [5.74, 6) is 0. The van der Waals surface area contributed by atoms with Crippen molar-refractivity contribution in [2.75, 3.05) is 0 Å². The predicted molar refractivity (Wildman–Crippen MR) is 95.0 cm³/mol. The Hall–Kier alpha value is -2.52. The lowest BCUT2D eigenvalue weighted by Crippen LogP contribution is -2.50. The molecule has 1 spiro atoms. The van der Waals surface area contributed by atoms with E-state index in [2.05, 4.69) is 4.98 Å². The summed E-state index contributed by atoms with van der Waals surface area (Å²) in [6, 6.07) is 10.6. The van der Waals surface area contributed by atoms with Gasteiger partial charge in [-0.1, -0.05) is 42.5 Å². The first-order valence-corrected chi connectivity index (χ1v) is 8.70. The fourth-order valence-electron chi connectivity index (χ4n) is 3.68. The second-order valence-electron chi connectivity index (χ2n) is 6.74. The minimum absolute atomic E-state index is 0.210. The zero-order valence-electron chi connectivity index (χ0n) is 14.4. The lowest BCUT2D eigenvalue weighted by molar-refractivity contribution is -0.141. The van der Waals surface area contributed by atoms with Crippen LogP contribution in [0.15, 0.2) is 64.3 Å². The van der Waals surface area contributed by atoms with Crippen molar-refractivity contribution in [3.63, 3.8) is 0 Å². The molecule has 0 amide bonds. The van der Waals surface area contributed by atoms with E-state index in [0.29, 0.717) is 6.42 Å². The van der Waals surface area contributed by atoms with Gasteiger partial charge in [0.25, 0.3) is 5.56 Å². The van der Waals surface area contributed by atoms with Crippen molar-refractivity contribution >= 4 is 0 Å². The van der Waals surface area contributed by atoms with Crippen LogP contribution in [0.5, 0.6) is 0 Å². The summed E-state index contributed by atoms with van der Waals surface area (Å²) >= 11 is 0. The number of nitrogens with zero attached hydrogens (tertiary/aromatic N) is 1. The lowest BCUT2D eigenvalue weighted by Gasteiger charge is -2.32. The summed E-state index contributed by atoms with van der Waals surface area (Å²) in [7, 11) is 0. The van der Waals surface area contributed by atoms with Crippen LogP contribution in [0.4, 0.5) is 0 Å². The molecule has 142 valence electrons. The maximum Gasteiger partial charge on any atom is 0.330 e. The van der Waals surface area contributed by atoms with Gasteiger partial charge in [-0.3, -0.25) is 14.3 Å². The van der Waals surface area contributed by atoms with Gasteiger partial charge in [0, 0.05) is 12.3 Å². The molecule has 4 rings (SSSR count). The van der Waals surface area contributed by atoms with Crippen LogP contribution in [-0.2, 0) is 16.1 Å². The Morgan fingerprint density at radius 3 is 2.67 bits per heavy atom. The van der Waals surface area contributed by atoms with Gasteiger partial charge in [0.2, 0.25) is 0 Å². The maximum atomic E-state index is 12.1. The van der Waals surface area contributed by atoms with Gasteiger partial charge in [-0.15, -0.1) is 0 Å². The van der Waals surface area contributed by atoms with Crippen molar-refractivity contribution in [3.8, 4) is 0 Å². The van der Waals surface area contributed by atoms with Crippen LogP contribution in [0.25, 0.3) is 0 Å². The predicted octanol–water partition coefficient (Wildman–Crippen LogP) is 0.0713. The van der Waals surface area contributed by atoms with Crippen molar-refractivity contribution in [2.24, 2.45) is 0 Å². The van der Waals surface area contributed by atoms with Gasteiger partial charge in [-0.2, -0.15) is 0 Å². The van der Waals surface area contributed by atoms with Crippen LogP contribution >= 0.6 is 0 Å². The topological polar surface area (TPSA) is 114 Å². The average Bonchev–Trinajstić information content (AvgIpc) is 3.15. The third-order valence-electron chi connectivity index (χ3n) is 5.03. The fourth-order valence-corrected chi connectivity index (χ4v) is 3.68. The van der Waals surface area contributed by atoms with E-state index in [0.717, 1.165) is 10.1 Å². The van der Waals surface area contributed by atoms with Gasteiger partial charge in [-0.25, -0.2) is 4.79 Å². The molecule has 1 aromatic carbocycles. The monoisotopic (exact) mass is 372 g/mol. The van der Waals surface area contributed by atoms with Gasteiger partial charge in [-0.05, 0) is 12.0 Å². The number of aromatic amines is 1. The third-order valence-corrected chi connectivity index (χ3v) is 5.03. The lowest BCUT2D eigenvalue weighted by atomic mass is 9.92. The first kappa shape index (κ1) is 17.9. The van der Waals surface area contributed by atoms with Crippen molar-refractivity contribution in [3.05, 3.63) is 81.1 Å². The number of ether oxygens (including phenoxy) is 2. The summed E-state index contributed by atoms with van der Waals surface area (Å²) < 4.78 is 13.0. The van der Waals surface area contributed by atoms with Gasteiger partial charge in [0.1, 0.15) is 17.8 Å². The van der Waals surface area contributed by atoms with Gasteiger partial charge in [0.15, 0.2) is 6.23 Å². The highest BCUT2D eigenvalue weighted by Gasteiger charge is 2.60. The first-order chi connectivity index (χ1) is 13.0. The smallest absolute Gasteiger partial charge is 0.330 e. The van der Waals surface area contributed by atoms with E-state index in [4.69, 9.17) is 9.47 Å². The molecule has 0 saturated carbocycles. The molecule has 1 aromatic heterocycles. The molecule has 1 aliphatic carbocycles. The van der Waals surface area contributed by atoms with E-state index >= 15 is 0 Å². The van der Waals surface area contributed by atoms with Crippen molar-refractivity contribution in [1.82, 2.24) is 9.55 Å². The van der Waals surface area contributed by atoms with Crippen LogP contribution in [0.2, 0.25) is 0 Å². The molecule has 2 aliphatic rings. The molecule has 1 fully saturated rings. The molecular weight excluding hydrogens is 352 g/mol. The van der Waals surface area contributed by atoms with Crippen molar-refractivity contribution < 1.29 is 19.7 Å². The Balaban J connectivity index is 1.66. The molecule has 2 aromatic rings. The number of hydrogen-bond donors (Lipinski definition) is 3. The van der Waals surface area contributed by atoms with E-state index < -0.39 is 41.4 Å². The Morgan fingerprint density at radius 1 is 1.22 bits per heavy atom. The van der Waals surface area contributed by atoms with Crippen LogP contribution in [-0.4, -0.2) is 43.7 Å². The normalized spacial score (nSPS) is 32.4. The van der Waals surface area contributed by atoms with E-state index in [1.807, 2.05) is 30.3 Å². The summed E-state index contributed by atoms with van der Waals surface area (Å²) in [6.07, 6.45) is 0.897. The molecule has 1 saturated heterocycles. The van der Waals surface area contributed by atoms with Gasteiger partial charge < -0.3 is 19.7 Å². The molecule has 3 N–H and O–H groups in total. The molecular formula is C19H20N2O6. The highest BCUT2D eigenvalue weighted by molar-refractivity contribution is 5.23. The summed E-state index contributed by atoms with van der Waals surface area (Å²) in [4.78, 5) is 25.6. The highest BCUT2D eigenvalue weighted by atomic mass is 16.6. The SMILES string of the molecule is O=c1ccn(C2O[C@]3(C=CC[C@@H]3O)[C@H](OCc3ccccc3)[C@H]2O)c(=O)[nH]1. The molecule has 8 nitrogen and oxygen atoms in total. The Kier molecular flexibility index (Phi) is 4.56. The summed E-state index contributed by atoms with van der Waals surface area (Å²) in [5.41, 5.74) is -1.62. The standard InChI is InChI=1S/C19H20N2O6/c22-13-7-4-9-19(13)16(26-11-12-5-2-1-3-6-12)15(24)17(27-19)21-10-8-14(23)20-18(21)25/h1-6,8-10,13,15-17,22,24H,7,11H2,(H,20,23,25)/t13-,15+,16+,17?,19-/m0/s1. The minimum atomic E-state index is -1.27. The Morgan fingerprint density at radius 2 is 2.00 bits per heavy atom. The number of rotatable bonds is 4. The van der Waals surface area contributed by atoms with Gasteiger partial charge in [0.05, 0.1) is 12.7 Å². The zero-order valence-corrected chi connectivity index (χ0v) is 14.4. The molecule has 5 atom stereocenters. The number of aliphatic hydroxyl groups is 2. The number of benzene rings is 1. The molecule has 0 bridgehead atoms. The fraction of sp³-hybridized carbons (Fsp3) is 0.368. The number of aliphatic hydroxyl groups excluding tert-OH is 2. The minimum Gasteiger partial charge on any atom is -0.389 e. The molecule has 1 unspecified atom stereocenters. The molecule has 1 aliphatic heterocycles. The average molecular weight is 372 g/mol. The van der Waals surface area contributed by atoms with E-state index in [1.165, 1.54) is 12.3 Å². The Bertz CT molecular complexity index is 952. The number of H-pyrrole nitrogens is 1. The zero-order chi connectivity index (χ0) is 19.0. The number of hydrogen-bond acceptors (Lipinski definition) is 6. The Labute approximate surface area is 154 Å². The van der Waals surface area contributed by atoms with E-state index in [1.54, 1.807) is 12.2 Å². The molecule has 27 heavy (non-hydrogen) atoms.